The maximum atomic E-state index is 12.9. The molecule has 1 atom stereocenters. The van der Waals surface area contributed by atoms with Crippen molar-refractivity contribution in [1.29, 1.82) is 0 Å². The fourth-order valence-electron chi connectivity index (χ4n) is 5.73. The van der Waals surface area contributed by atoms with Gasteiger partial charge in [0, 0.05) is 37.9 Å². The Labute approximate surface area is 194 Å². The van der Waals surface area contributed by atoms with Crippen LogP contribution in [0.15, 0.2) is 18.2 Å². The first-order valence-corrected chi connectivity index (χ1v) is 12.2. The largest absolute Gasteiger partial charge is 0.342 e. The van der Waals surface area contributed by atoms with Crippen molar-refractivity contribution in [3.05, 3.63) is 29.5 Å². The fraction of sp³-hybridized carbons (Fsp3) is 0.600. The van der Waals surface area contributed by atoms with Gasteiger partial charge in [0.25, 0.3) is 0 Å². The maximum Gasteiger partial charge on any atom is 0.238 e. The molecule has 0 saturated carbocycles. The van der Waals surface area contributed by atoms with Crippen molar-refractivity contribution in [3.63, 3.8) is 0 Å². The number of hydrogen-bond donors (Lipinski definition) is 2. The van der Waals surface area contributed by atoms with Gasteiger partial charge in [-0.2, -0.15) is 5.10 Å². The number of fused-ring (bicyclic) bond motifs is 1. The second-order valence-electron chi connectivity index (χ2n) is 10.1. The van der Waals surface area contributed by atoms with Crippen molar-refractivity contribution < 1.29 is 14.4 Å². The van der Waals surface area contributed by atoms with Gasteiger partial charge in [0.05, 0.1) is 16.6 Å². The van der Waals surface area contributed by atoms with Crippen LogP contribution < -0.4 is 10.6 Å². The Morgan fingerprint density at radius 1 is 1.12 bits per heavy atom. The van der Waals surface area contributed by atoms with Crippen molar-refractivity contribution in [3.8, 4) is 0 Å². The van der Waals surface area contributed by atoms with E-state index in [2.05, 4.69) is 33.7 Å². The second kappa shape index (κ2) is 8.56. The molecule has 33 heavy (non-hydrogen) atoms. The molecule has 2 aromatic rings. The quantitative estimate of drug-likeness (QED) is 0.696. The van der Waals surface area contributed by atoms with Gasteiger partial charge in [-0.1, -0.05) is 12.1 Å². The van der Waals surface area contributed by atoms with E-state index >= 15 is 0 Å². The summed E-state index contributed by atoms with van der Waals surface area (Å²) in [6, 6.07) is 6.42. The van der Waals surface area contributed by atoms with E-state index in [0.717, 1.165) is 68.5 Å². The number of hydrogen-bond acceptors (Lipinski definition) is 5. The molecule has 0 aliphatic carbocycles. The summed E-state index contributed by atoms with van der Waals surface area (Å²) in [5, 5.41) is 11.5. The van der Waals surface area contributed by atoms with E-state index in [1.54, 1.807) is 0 Å². The molecule has 0 spiro atoms. The lowest BCUT2D eigenvalue weighted by molar-refractivity contribution is -0.138. The first kappa shape index (κ1) is 22.1. The van der Waals surface area contributed by atoms with Crippen LogP contribution in [0.3, 0.4) is 0 Å². The van der Waals surface area contributed by atoms with Gasteiger partial charge in [-0.25, -0.2) is 0 Å². The fourth-order valence-corrected chi connectivity index (χ4v) is 5.73. The number of piperidine rings is 3. The molecule has 1 aromatic carbocycles. The van der Waals surface area contributed by atoms with Crippen LogP contribution in [-0.4, -0.2) is 58.6 Å². The molecule has 3 fully saturated rings. The Balaban J connectivity index is 1.33. The molecule has 3 aliphatic heterocycles. The topological polar surface area (TPSA) is 96.3 Å². The van der Waals surface area contributed by atoms with E-state index in [1.807, 2.05) is 18.7 Å². The Hall–Kier alpha value is -2.74. The van der Waals surface area contributed by atoms with Gasteiger partial charge in [-0.15, -0.1) is 0 Å². The third-order valence-electron chi connectivity index (χ3n) is 7.97. The molecule has 8 heteroatoms. The van der Waals surface area contributed by atoms with E-state index in [4.69, 9.17) is 5.10 Å². The average molecular weight is 452 g/mol. The van der Waals surface area contributed by atoms with Crippen molar-refractivity contribution in [2.24, 2.45) is 13.0 Å². The number of amides is 3. The summed E-state index contributed by atoms with van der Waals surface area (Å²) < 4.78 is 1.85. The van der Waals surface area contributed by atoms with Crippen molar-refractivity contribution in [2.75, 3.05) is 26.2 Å². The van der Waals surface area contributed by atoms with Crippen LogP contribution in [0.2, 0.25) is 0 Å². The molecule has 0 radical (unpaired) electrons. The number of carbonyl (C=O) groups is 3. The second-order valence-corrected chi connectivity index (χ2v) is 10.1. The molecule has 8 nitrogen and oxygen atoms in total. The van der Waals surface area contributed by atoms with E-state index in [1.165, 1.54) is 5.56 Å². The Morgan fingerprint density at radius 3 is 2.55 bits per heavy atom. The summed E-state index contributed by atoms with van der Waals surface area (Å²) in [7, 11) is 1.91. The number of nitrogens with zero attached hydrogens (tertiary/aromatic N) is 3. The predicted molar refractivity (Wildman–Crippen MR) is 125 cm³/mol. The third kappa shape index (κ3) is 3.94. The lowest BCUT2D eigenvalue weighted by atomic mass is 9.77. The number of aromatic nitrogens is 2. The summed E-state index contributed by atoms with van der Waals surface area (Å²) in [4.78, 5) is 39.3. The zero-order chi connectivity index (χ0) is 23.2. The van der Waals surface area contributed by atoms with Crippen LogP contribution in [0.5, 0.6) is 0 Å². The van der Waals surface area contributed by atoms with E-state index in [9.17, 15) is 14.4 Å². The summed E-state index contributed by atoms with van der Waals surface area (Å²) in [6.45, 7) is 5.38. The number of likely N-dealkylation sites (tertiary alicyclic amines) is 1. The predicted octanol–water partition coefficient (Wildman–Crippen LogP) is 1.97. The molecule has 176 valence electrons. The van der Waals surface area contributed by atoms with Gasteiger partial charge in [0.2, 0.25) is 17.7 Å². The zero-order valence-corrected chi connectivity index (χ0v) is 19.5. The van der Waals surface area contributed by atoms with Crippen LogP contribution in [0.1, 0.15) is 62.6 Å². The minimum absolute atomic E-state index is 0.181. The first-order chi connectivity index (χ1) is 15.9. The summed E-state index contributed by atoms with van der Waals surface area (Å²) in [5.41, 5.74) is 2.19. The van der Waals surface area contributed by atoms with Crippen LogP contribution in [-0.2, 0) is 26.8 Å². The van der Waals surface area contributed by atoms with Gasteiger partial charge >= 0.3 is 0 Å². The average Bonchev–Trinajstić information content (AvgIpc) is 3.18. The molecule has 3 aliphatic rings. The third-order valence-corrected chi connectivity index (χ3v) is 7.97. The molecule has 3 amide bonds. The van der Waals surface area contributed by atoms with Crippen LogP contribution in [0.25, 0.3) is 10.9 Å². The highest BCUT2D eigenvalue weighted by Crippen LogP contribution is 2.38. The summed E-state index contributed by atoms with van der Waals surface area (Å²) in [5.74, 6) is 0.439. The highest BCUT2D eigenvalue weighted by molar-refractivity contribution is 6.04. The van der Waals surface area contributed by atoms with Gasteiger partial charge in [-0.3, -0.25) is 24.4 Å². The zero-order valence-electron chi connectivity index (χ0n) is 19.5. The Morgan fingerprint density at radius 2 is 1.85 bits per heavy atom. The van der Waals surface area contributed by atoms with E-state index in [0.29, 0.717) is 24.7 Å². The molecule has 4 heterocycles. The summed E-state index contributed by atoms with van der Waals surface area (Å²) in [6.07, 6.45) is 4.62. The van der Waals surface area contributed by atoms with E-state index < -0.39 is 5.41 Å². The van der Waals surface area contributed by atoms with Crippen LogP contribution in [0, 0.1) is 5.92 Å². The summed E-state index contributed by atoms with van der Waals surface area (Å²) >= 11 is 0. The molecule has 2 N–H and O–H groups in total. The number of carbonyl (C=O) groups excluding carboxylic acids is 3. The SMILES string of the molecule is Cn1nc(C2(C)CCC(=O)NC2=O)c2ccc(C3CCN(C(=O)C4CCNCC4)CC3)cc21. The number of imide groups is 1. The van der Waals surface area contributed by atoms with Gasteiger partial charge in [0.15, 0.2) is 0 Å². The minimum Gasteiger partial charge on any atom is -0.342 e. The highest BCUT2D eigenvalue weighted by Gasteiger charge is 2.43. The first-order valence-electron chi connectivity index (χ1n) is 12.2. The number of nitrogens with one attached hydrogen (secondary N) is 2. The molecule has 1 unspecified atom stereocenters. The minimum atomic E-state index is -0.810. The van der Waals surface area contributed by atoms with Crippen LogP contribution in [0.4, 0.5) is 0 Å². The Kier molecular flexibility index (Phi) is 5.72. The number of benzene rings is 1. The monoisotopic (exact) mass is 451 g/mol. The van der Waals surface area contributed by atoms with Crippen LogP contribution >= 0.6 is 0 Å². The van der Waals surface area contributed by atoms with Gasteiger partial charge in [0.1, 0.15) is 0 Å². The maximum absolute atomic E-state index is 12.9. The molecule has 0 bridgehead atoms. The smallest absolute Gasteiger partial charge is 0.238 e. The number of aryl methyl sites for hydroxylation is 1. The van der Waals surface area contributed by atoms with Crippen molar-refractivity contribution in [2.45, 2.75) is 56.8 Å². The van der Waals surface area contributed by atoms with Gasteiger partial charge in [-0.05, 0) is 69.7 Å². The highest BCUT2D eigenvalue weighted by atomic mass is 16.2. The van der Waals surface area contributed by atoms with Crippen molar-refractivity contribution in [1.82, 2.24) is 25.3 Å². The molecular formula is C25H33N5O3. The normalized spacial score (nSPS) is 25.5. The van der Waals surface area contributed by atoms with Crippen molar-refractivity contribution >= 4 is 28.6 Å². The molecule has 5 rings (SSSR count). The van der Waals surface area contributed by atoms with E-state index in [-0.39, 0.29) is 17.7 Å². The Bertz CT molecular complexity index is 1090. The number of rotatable bonds is 3. The standard InChI is InChI=1S/C25H33N5O3/c1-25(10-5-21(31)27-24(25)33)22-19-4-3-18(15-20(19)29(2)28-22)16-8-13-30(14-9-16)23(32)17-6-11-26-12-7-17/h3-4,15-17,26H,5-14H2,1-2H3,(H,27,31,33). The lowest BCUT2D eigenvalue weighted by Gasteiger charge is -2.35. The van der Waals surface area contributed by atoms with Gasteiger partial charge < -0.3 is 10.2 Å². The molecular weight excluding hydrogens is 418 g/mol. The molecule has 3 saturated heterocycles. The molecule has 1 aromatic heterocycles. The lowest BCUT2D eigenvalue weighted by Crippen LogP contribution is -2.50.